The van der Waals surface area contributed by atoms with Crippen LogP contribution in [0.1, 0.15) is 17.0 Å². The third-order valence-electron chi connectivity index (χ3n) is 3.64. The second-order valence-electron chi connectivity index (χ2n) is 5.24. The fourth-order valence-electron chi connectivity index (χ4n) is 2.52. The van der Waals surface area contributed by atoms with E-state index in [1.54, 1.807) is 29.2 Å². The van der Waals surface area contributed by atoms with Crippen LogP contribution < -0.4 is 10.2 Å². The van der Waals surface area contributed by atoms with Crippen LogP contribution in [0.25, 0.3) is 0 Å². The topological polar surface area (TPSA) is 62.6 Å². The van der Waals surface area contributed by atoms with E-state index in [-0.39, 0.29) is 23.5 Å². The zero-order chi connectivity index (χ0) is 15.5. The van der Waals surface area contributed by atoms with Crippen molar-refractivity contribution in [2.75, 3.05) is 18.0 Å². The zero-order valence-electron chi connectivity index (χ0n) is 11.8. The summed E-state index contributed by atoms with van der Waals surface area (Å²) in [5.41, 5.74) is 0.828. The van der Waals surface area contributed by atoms with Crippen LogP contribution in [0.2, 0.25) is 5.02 Å². The number of anilines is 1. The first-order chi connectivity index (χ1) is 10.6. The van der Waals surface area contributed by atoms with Gasteiger partial charge in [0.15, 0.2) is 5.76 Å². The molecule has 2 amide bonds. The average Bonchev–Trinajstić information content (AvgIpc) is 3.15. The zero-order valence-corrected chi connectivity index (χ0v) is 12.5. The highest BCUT2D eigenvalue weighted by atomic mass is 35.5. The van der Waals surface area contributed by atoms with Gasteiger partial charge in [0.1, 0.15) is 0 Å². The highest BCUT2D eigenvalue weighted by Crippen LogP contribution is 2.26. The van der Waals surface area contributed by atoms with Crippen LogP contribution in [0.15, 0.2) is 47.1 Å². The van der Waals surface area contributed by atoms with E-state index in [1.165, 1.54) is 6.26 Å². The van der Waals surface area contributed by atoms with Crippen LogP contribution in [0.4, 0.5) is 5.69 Å². The number of hydrogen-bond acceptors (Lipinski definition) is 3. The summed E-state index contributed by atoms with van der Waals surface area (Å²) in [5.74, 6) is 0.155. The molecule has 22 heavy (non-hydrogen) atoms. The fraction of sp³-hybridized carbons (Fsp3) is 0.250. The Kier molecular flexibility index (Phi) is 4.15. The van der Waals surface area contributed by atoms with Crippen molar-refractivity contribution in [1.82, 2.24) is 5.32 Å². The van der Waals surface area contributed by atoms with Gasteiger partial charge in [-0.3, -0.25) is 9.59 Å². The first kappa shape index (κ1) is 14.7. The Hall–Kier alpha value is -2.27. The number of hydrogen-bond donors (Lipinski definition) is 1. The largest absolute Gasteiger partial charge is 0.459 e. The molecular formula is C16H15ClN2O3. The van der Waals surface area contributed by atoms with E-state index in [0.29, 0.717) is 24.5 Å². The standard InChI is InChI=1S/C16H15ClN2O3/c17-12-3-5-13(6-4-12)19-10-11(8-15(19)20)9-18-16(21)14-2-1-7-22-14/h1-7,11H,8-10H2,(H,18,21)/t11-/m0/s1. The smallest absolute Gasteiger partial charge is 0.286 e. The molecule has 1 fully saturated rings. The SMILES string of the molecule is O=C(NC[C@@H]1CC(=O)N(c2ccc(Cl)cc2)C1)c1ccco1. The molecule has 2 heterocycles. The van der Waals surface area contributed by atoms with Crippen molar-refractivity contribution in [1.29, 1.82) is 0 Å². The maximum Gasteiger partial charge on any atom is 0.286 e. The molecule has 1 aromatic carbocycles. The first-order valence-electron chi connectivity index (χ1n) is 7.01. The van der Waals surface area contributed by atoms with Gasteiger partial charge in [-0.15, -0.1) is 0 Å². The van der Waals surface area contributed by atoms with E-state index in [1.807, 2.05) is 12.1 Å². The Morgan fingerprint density at radius 3 is 2.77 bits per heavy atom. The highest BCUT2D eigenvalue weighted by Gasteiger charge is 2.30. The predicted octanol–water partition coefficient (Wildman–Crippen LogP) is 2.72. The van der Waals surface area contributed by atoms with Crippen molar-refractivity contribution < 1.29 is 14.0 Å². The van der Waals surface area contributed by atoms with E-state index < -0.39 is 0 Å². The first-order valence-corrected chi connectivity index (χ1v) is 7.39. The molecule has 0 saturated carbocycles. The molecule has 2 aromatic rings. The number of nitrogens with one attached hydrogen (secondary N) is 1. The summed E-state index contributed by atoms with van der Waals surface area (Å²) in [5, 5.41) is 3.43. The van der Waals surface area contributed by atoms with E-state index in [9.17, 15) is 9.59 Å². The lowest BCUT2D eigenvalue weighted by molar-refractivity contribution is -0.117. The molecule has 0 spiro atoms. The third-order valence-corrected chi connectivity index (χ3v) is 3.89. The molecule has 3 rings (SSSR count). The molecule has 0 radical (unpaired) electrons. The Morgan fingerprint density at radius 2 is 2.09 bits per heavy atom. The summed E-state index contributed by atoms with van der Waals surface area (Å²) in [7, 11) is 0. The summed E-state index contributed by atoms with van der Waals surface area (Å²) in [6.07, 6.45) is 1.87. The van der Waals surface area contributed by atoms with Gasteiger partial charge in [-0.05, 0) is 36.4 Å². The van der Waals surface area contributed by atoms with Gasteiger partial charge in [0.25, 0.3) is 5.91 Å². The summed E-state index contributed by atoms with van der Waals surface area (Å²) in [6, 6.07) is 10.4. The van der Waals surface area contributed by atoms with Gasteiger partial charge in [-0.1, -0.05) is 11.6 Å². The van der Waals surface area contributed by atoms with Crippen molar-refractivity contribution in [3.05, 3.63) is 53.4 Å². The van der Waals surface area contributed by atoms with Gasteiger partial charge in [-0.25, -0.2) is 0 Å². The lowest BCUT2D eigenvalue weighted by Gasteiger charge is -2.17. The van der Waals surface area contributed by atoms with E-state index in [2.05, 4.69) is 5.32 Å². The van der Waals surface area contributed by atoms with Crippen LogP contribution in [-0.4, -0.2) is 24.9 Å². The normalized spacial score (nSPS) is 17.8. The van der Waals surface area contributed by atoms with Gasteiger partial charge in [-0.2, -0.15) is 0 Å². The summed E-state index contributed by atoms with van der Waals surface area (Å²) in [4.78, 5) is 25.6. The predicted molar refractivity (Wildman–Crippen MR) is 83.0 cm³/mol. The van der Waals surface area contributed by atoms with Gasteiger partial charge < -0.3 is 14.6 Å². The number of carbonyl (C=O) groups is 2. The molecular weight excluding hydrogens is 304 g/mol. The quantitative estimate of drug-likeness (QED) is 0.942. The number of benzene rings is 1. The summed E-state index contributed by atoms with van der Waals surface area (Å²) in [6.45, 7) is 1.02. The van der Waals surface area contributed by atoms with E-state index in [4.69, 9.17) is 16.0 Å². The van der Waals surface area contributed by atoms with Crippen LogP contribution in [0.5, 0.6) is 0 Å². The van der Waals surface area contributed by atoms with Crippen LogP contribution in [0.3, 0.4) is 0 Å². The number of carbonyl (C=O) groups excluding carboxylic acids is 2. The van der Waals surface area contributed by atoms with Crippen LogP contribution in [0, 0.1) is 5.92 Å². The molecule has 114 valence electrons. The summed E-state index contributed by atoms with van der Waals surface area (Å²) >= 11 is 5.86. The van der Waals surface area contributed by atoms with Crippen LogP contribution in [-0.2, 0) is 4.79 Å². The lowest BCUT2D eigenvalue weighted by atomic mass is 10.1. The minimum Gasteiger partial charge on any atom is -0.459 e. The molecule has 0 bridgehead atoms. The second-order valence-corrected chi connectivity index (χ2v) is 5.67. The number of furan rings is 1. The van der Waals surface area contributed by atoms with Crippen molar-refractivity contribution in [2.24, 2.45) is 5.92 Å². The Bertz CT molecular complexity index is 667. The van der Waals surface area contributed by atoms with Crippen molar-refractivity contribution in [3.63, 3.8) is 0 Å². The van der Waals surface area contributed by atoms with Crippen molar-refractivity contribution in [2.45, 2.75) is 6.42 Å². The highest BCUT2D eigenvalue weighted by molar-refractivity contribution is 6.30. The molecule has 1 aliphatic heterocycles. The summed E-state index contributed by atoms with van der Waals surface area (Å²) < 4.78 is 5.03. The maximum atomic E-state index is 12.1. The molecule has 1 N–H and O–H groups in total. The Labute approximate surface area is 132 Å². The molecule has 6 heteroatoms. The third kappa shape index (κ3) is 3.14. The van der Waals surface area contributed by atoms with Gasteiger partial charge in [0, 0.05) is 36.1 Å². The van der Waals surface area contributed by atoms with Gasteiger partial charge in [0.05, 0.1) is 6.26 Å². The lowest BCUT2D eigenvalue weighted by Crippen LogP contribution is -2.31. The van der Waals surface area contributed by atoms with Crippen molar-refractivity contribution in [3.8, 4) is 0 Å². The molecule has 1 atom stereocenters. The second kappa shape index (κ2) is 6.23. The molecule has 1 saturated heterocycles. The molecule has 1 aromatic heterocycles. The Balaban J connectivity index is 1.58. The number of halogens is 1. The average molecular weight is 319 g/mol. The Morgan fingerprint density at radius 1 is 1.32 bits per heavy atom. The number of nitrogens with zero attached hydrogens (tertiary/aromatic N) is 1. The minimum atomic E-state index is -0.262. The molecule has 0 unspecified atom stereocenters. The fourth-order valence-corrected chi connectivity index (χ4v) is 2.65. The van der Waals surface area contributed by atoms with Crippen LogP contribution >= 0.6 is 11.6 Å². The number of amides is 2. The molecule has 5 nitrogen and oxygen atoms in total. The molecule has 1 aliphatic rings. The number of rotatable bonds is 4. The van der Waals surface area contributed by atoms with Gasteiger partial charge >= 0.3 is 0 Å². The van der Waals surface area contributed by atoms with E-state index >= 15 is 0 Å². The molecule has 0 aliphatic carbocycles. The van der Waals surface area contributed by atoms with Gasteiger partial charge in [0.2, 0.25) is 5.91 Å². The minimum absolute atomic E-state index is 0.0552. The van der Waals surface area contributed by atoms with E-state index in [0.717, 1.165) is 5.69 Å². The monoisotopic (exact) mass is 318 g/mol. The van der Waals surface area contributed by atoms with Crippen molar-refractivity contribution >= 4 is 29.1 Å². The maximum absolute atomic E-state index is 12.1.